The SMILES string of the molecule is c1cc(CNc2ccc3nnnn3n2)cc(N2CCCCCC2)n1. The minimum absolute atomic E-state index is 0.632. The molecular weight excluding hydrogens is 304 g/mol. The number of rotatable bonds is 4. The maximum absolute atomic E-state index is 4.55. The summed E-state index contributed by atoms with van der Waals surface area (Å²) in [4.78, 5) is 6.94. The monoisotopic (exact) mass is 324 g/mol. The van der Waals surface area contributed by atoms with Crippen LogP contribution < -0.4 is 10.2 Å². The normalized spacial score (nSPS) is 15.4. The van der Waals surface area contributed by atoms with E-state index in [0.29, 0.717) is 12.2 Å². The van der Waals surface area contributed by atoms with Crippen LogP contribution in [0.3, 0.4) is 0 Å². The molecule has 0 bridgehead atoms. The molecule has 0 saturated carbocycles. The van der Waals surface area contributed by atoms with E-state index < -0.39 is 0 Å². The summed E-state index contributed by atoms with van der Waals surface area (Å²) in [6.45, 7) is 2.88. The molecule has 0 aliphatic carbocycles. The van der Waals surface area contributed by atoms with E-state index in [2.05, 4.69) is 41.9 Å². The highest BCUT2D eigenvalue weighted by atomic mass is 15.6. The average molecular weight is 324 g/mol. The lowest BCUT2D eigenvalue weighted by atomic mass is 10.2. The molecule has 0 unspecified atom stereocenters. The quantitative estimate of drug-likeness (QED) is 0.784. The zero-order valence-electron chi connectivity index (χ0n) is 13.5. The molecule has 3 aromatic rings. The summed E-state index contributed by atoms with van der Waals surface area (Å²) >= 11 is 0. The van der Waals surface area contributed by atoms with Gasteiger partial charge < -0.3 is 10.2 Å². The van der Waals surface area contributed by atoms with Crippen LogP contribution in [0, 0.1) is 0 Å². The molecule has 0 atom stereocenters. The number of pyridine rings is 1. The summed E-state index contributed by atoms with van der Waals surface area (Å²) in [5.74, 6) is 1.81. The second kappa shape index (κ2) is 6.77. The maximum atomic E-state index is 4.55. The average Bonchev–Trinajstić information content (AvgIpc) is 2.92. The fourth-order valence-electron chi connectivity index (χ4n) is 2.98. The summed E-state index contributed by atoms with van der Waals surface area (Å²) in [7, 11) is 0. The van der Waals surface area contributed by atoms with Crippen molar-refractivity contribution in [2.75, 3.05) is 23.3 Å². The van der Waals surface area contributed by atoms with Gasteiger partial charge in [0.05, 0.1) is 0 Å². The van der Waals surface area contributed by atoms with Gasteiger partial charge in [-0.15, -0.1) is 14.8 Å². The highest BCUT2D eigenvalue weighted by molar-refractivity contribution is 5.45. The smallest absolute Gasteiger partial charge is 0.200 e. The van der Waals surface area contributed by atoms with Crippen LogP contribution in [-0.4, -0.2) is 43.3 Å². The zero-order chi connectivity index (χ0) is 16.2. The third kappa shape index (κ3) is 3.27. The summed E-state index contributed by atoms with van der Waals surface area (Å²) in [6.07, 6.45) is 7.03. The third-order valence-corrected chi connectivity index (χ3v) is 4.28. The summed E-state index contributed by atoms with van der Waals surface area (Å²) in [6, 6.07) is 7.91. The fraction of sp³-hybridized carbons (Fsp3) is 0.438. The Morgan fingerprint density at radius 1 is 1.04 bits per heavy atom. The molecule has 0 aromatic carbocycles. The van der Waals surface area contributed by atoms with Crippen molar-refractivity contribution in [3.8, 4) is 0 Å². The Bertz CT molecular complexity index is 806. The second-order valence-corrected chi connectivity index (χ2v) is 6.02. The predicted octanol–water partition coefficient (Wildman–Crippen LogP) is 1.91. The van der Waals surface area contributed by atoms with E-state index in [-0.39, 0.29) is 0 Å². The van der Waals surface area contributed by atoms with Gasteiger partial charge in [-0.1, -0.05) is 12.8 Å². The number of hydrogen-bond donors (Lipinski definition) is 1. The molecule has 0 spiro atoms. The topological polar surface area (TPSA) is 84.1 Å². The van der Waals surface area contributed by atoms with Crippen LogP contribution in [-0.2, 0) is 6.54 Å². The van der Waals surface area contributed by atoms with E-state index in [1.807, 2.05) is 24.4 Å². The molecule has 3 aromatic heterocycles. The molecule has 4 rings (SSSR count). The minimum atomic E-state index is 0.632. The highest BCUT2D eigenvalue weighted by Crippen LogP contribution is 2.18. The van der Waals surface area contributed by atoms with E-state index >= 15 is 0 Å². The molecule has 8 heteroatoms. The molecule has 0 amide bonds. The summed E-state index contributed by atoms with van der Waals surface area (Å²) in [5, 5.41) is 18.9. The van der Waals surface area contributed by atoms with Gasteiger partial charge >= 0.3 is 0 Å². The maximum Gasteiger partial charge on any atom is 0.200 e. The summed E-state index contributed by atoms with van der Waals surface area (Å²) < 4.78 is 1.41. The minimum Gasteiger partial charge on any atom is -0.365 e. The molecule has 1 N–H and O–H groups in total. The lowest BCUT2D eigenvalue weighted by Crippen LogP contribution is -2.25. The van der Waals surface area contributed by atoms with Crippen molar-refractivity contribution in [3.63, 3.8) is 0 Å². The van der Waals surface area contributed by atoms with Gasteiger partial charge in [0.15, 0.2) is 5.65 Å². The number of tetrazole rings is 1. The Balaban J connectivity index is 1.45. The Labute approximate surface area is 139 Å². The standard InChI is InChI=1S/C16H20N8/c1-2-4-10-23(9-3-1)16-11-13(7-8-17-16)12-18-14-5-6-15-19-21-22-24(15)20-14/h5-8,11H,1-4,9-10,12H2,(H,18,20). The lowest BCUT2D eigenvalue weighted by Gasteiger charge is -2.21. The van der Waals surface area contributed by atoms with Gasteiger partial charge in [-0.05, 0) is 53.1 Å². The van der Waals surface area contributed by atoms with E-state index in [0.717, 1.165) is 24.7 Å². The number of aromatic nitrogens is 6. The van der Waals surface area contributed by atoms with Crippen molar-refractivity contribution < 1.29 is 0 Å². The molecule has 8 nitrogen and oxygen atoms in total. The number of hydrogen-bond acceptors (Lipinski definition) is 7. The zero-order valence-corrected chi connectivity index (χ0v) is 13.5. The van der Waals surface area contributed by atoms with Crippen LogP contribution in [0.15, 0.2) is 30.5 Å². The van der Waals surface area contributed by atoms with Gasteiger partial charge in [0, 0.05) is 25.8 Å². The molecular formula is C16H20N8. The van der Waals surface area contributed by atoms with Crippen molar-refractivity contribution in [2.45, 2.75) is 32.2 Å². The van der Waals surface area contributed by atoms with Crippen LogP contribution in [0.5, 0.6) is 0 Å². The van der Waals surface area contributed by atoms with Gasteiger partial charge in [0.25, 0.3) is 0 Å². The van der Waals surface area contributed by atoms with Crippen LogP contribution in [0.4, 0.5) is 11.6 Å². The molecule has 0 radical (unpaired) electrons. The molecule has 1 fully saturated rings. The van der Waals surface area contributed by atoms with Crippen molar-refractivity contribution in [3.05, 3.63) is 36.0 Å². The molecule has 4 heterocycles. The second-order valence-electron chi connectivity index (χ2n) is 6.02. The van der Waals surface area contributed by atoms with E-state index in [1.54, 1.807) is 0 Å². The van der Waals surface area contributed by atoms with E-state index in [4.69, 9.17) is 0 Å². The Morgan fingerprint density at radius 2 is 1.92 bits per heavy atom. The number of fused-ring (bicyclic) bond motifs is 1. The Kier molecular flexibility index (Phi) is 4.18. The number of nitrogens with one attached hydrogen (secondary N) is 1. The first kappa shape index (κ1) is 14.8. The Morgan fingerprint density at radius 3 is 2.79 bits per heavy atom. The molecule has 124 valence electrons. The molecule has 1 saturated heterocycles. The van der Waals surface area contributed by atoms with Crippen LogP contribution in [0.2, 0.25) is 0 Å². The van der Waals surface area contributed by atoms with Crippen LogP contribution >= 0.6 is 0 Å². The van der Waals surface area contributed by atoms with Crippen molar-refractivity contribution >= 4 is 17.3 Å². The summed E-state index contributed by atoms with van der Waals surface area (Å²) in [5.41, 5.74) is 1.82. The number of nitrogens with zero attached hydrogens (tertiary/aromatic N) is 7. The van der Waals surface area contributed by atoms with Gasteiger partial charge in [-0.2, -0.15) is 0 Å². The van der Waals surface area contributed by atoms with Gasteiger partial charge in [-0.3, -0.25) is 0 Å². The first-order valence-corrected chi connectivity index (χ1v) is 8.38. The highest BCUT2D eigenvalue weighted by Gasteiger charge is 2.11. The largest absolute Gasteiger partial charge is 0.365 e. The Hall–Kier alpha value is -2.77. The first-order chi connectivity index (χ1) is 11.9. The molecule has 1 aliphatic heterocycles. The van der Waals surface area contributed by atoms with Crippen molar-refractivity contribution in [1.82, 2.24) is 30.2 Å². The number of anilines is 2. The predicted molar refractivity (Wildman–Crippen MR) is 90.8 cm³/mol. The molecule has 24 heavy (non-hydrogen) atoms. The van der Waals surface area contributed by atoms with Crippen molar-refractivity contribution in [2.24, 2.45) is 0 Å². The van der Waals surface area contributed by atoms with Crippen molar-refractivity contribution in [1.29, 1.82) is 0 Å². The third-order valence-electron chi connectivity index (χ3n) is 4.28. The van der Waals surface area contributed by atoms with E-state index in [9.17, 15) is 0 Å². The van der Waals surface area contributed by atoms with Gasteiger partial charge in [0.1, 0.15) is 11.6 Å². The van der Waals surface area contributed by atoms with Gasteiger partial charge in [-0.25, -0.2) is 4.98 Å². The lowest BCUT2D eigenvalue weighted by molar-refractivity contribution is 0.726. The molecule has 1 aliphatic rings. The van der Waals surface area contributed by atoms with Gasteiger partial charge in [0.2, 0.25) is 0 Å². The van der Waals surface area contributed by atoms with Crippen LogP contribution in [0.25, 0.3) is 5.65 Å². The first-order valence-electron chi connectivity index (χ1n) is 8.38. The van der Waals surface area contributed by atoms with E-state index in [1.165, 1.54) is 35.9 Å². The fourth-order valence-corrected chi connectivity index (χ4v) is 2.98. The van der Waals surface area contributed by atoms with Crippen LogP contribution in [0.1, 0.15) is 31.2 Å².